The van der Waals surface area contributed by atoms with E-state index < -0.39 is 0 Å². The summed E-state index contributed by atoms with van der Waals surface area (Å²) in [5.41, 5.74) is 1.16. The highest BCUT2D eigenvalue weighted by Crippen LogP contribution is 2.33. The first-order chi connectivity index (χ1) is 7.72. The molecular formula is C12H18BrNO2. The molecule has 0 amide bonds. The van der Waals surface area contributed by atoms with E-state index in [0.717, 1.165) is 34.5 Å². The van der Waals surface area contributed by atoms with Gasteiger partial charge in [-0.1, -0.05) is 22.9 Å². The third kappa shape index (κ3) is 3.39. The molecule has 0 bridgehead atoms. The Kier molecular flexibility index (Phi) is 5.63. The van der Waals surface area contributed by atoms with Gasteiger partial charge in [0.05, 0.1) is 13.7 Å². The van der Waals surface area contributed by atoms with E-state index in [1.807, 2.05) is 19.2 Å². The lowest BCUT2D eigenvalue weighted by atomic mass is 10.2. The summed E-state index contributed by atoms with van der Waals surface area (Å²) >= 11 is 3.53. The number of ether oxygens (including phenoxy) is 2. The van der Waals surface area contributed by atoms with Gasteiger partial charge in [-0.05, 0) is 31.2 Å². The average molecular weight is 288 g/mol. The molecule has 0 aliphatic carbocycles. The minimum absolute atomic E-state index is 0.703. The lowest BCUT2D eigenvalue weighted by Gasteiger charge is -2.13. The van der Waals surface area contributed by atoms with Crippen molar-refractivity contribution in [1.29, 1.82) is 0 Å². The second-order valence-electron chi connectivity index (χ2n) is 3.47. The third-order valence-corrected chi connectivity index (χ3v) is 2.90. The zero-order valence-electron chi connectivity index (χ0n) is 9.97. The molecule has 0 atom stereocenters. The van der Waals surface area contributed by atoms with Crippen LogP contribution < -0.4 is 14.8 Å². The van der Waals surface area contributed by atoms with Gasteiger partial charge in [0.1, 0.15) is 0 Å². The fourth-order valence-corrected chi connectivity index (χ4v) is 1.85. The van der Waals surface area contributed by atoms with Gasteiger partial charge in [0, 0.05) is 11.0 Å². The van der Waals surface area contributed by atoms with Crippen LogP contribution in [0.5, 0.6) is 11.5 Å². The molecule has 16 heavy (non-hydrogen) atoms. The summed E-state index contributed by atoms with van der Waals surface area (Å²) in [6.07, 6.45) is 0.985. The number of hydrogen-bond donors (Lipinski definition) is 1. The molecule has 0 aliphatic rings. The zero-order valence-corrected chi connectivity index (χ0v) is 11.6. The van der Waals surface area contributed by atoms with Crippen LogP contribution >= 0.6 is 15.9 Å². The Bertz CT molecular complexity index is 342. The van der Waals surface area contributed by atoms with E-state index in [1.54, 1.807) is 7.11 Å². The summed E-state index contributed by atoms with van der Waals surface area (Å²) in [6.45, 7) is 3.58. The van der Waals surface area contributed by atoms with E-state index in [0.29, 0.717) is 6.61 Å². The minimum Gasteiger partial charge on any atom is -0.493 e. The van der Waals surface area contributed by atoms with Crippen LogP contribution in [0.25, 0.3) is 0 Å². The van der Waals surface area contributed by atoms with Gasteiger partial charge in [-0.3, -0.25) is 0 Å². The Morgan fingerprint density at radius 1 is 1.31 bits per heavy atom. The highest BCUT2D eigenvalue weighted by molar-refractivity contribution is 9.10. The van der Waals surface area contributed by atoms with E-state index >= 15 is 0 Å². The van der Waals surface area contributed by atoms with Gasteiger partial charge in [-0.2, -0.15) is 0 Å². The molecule has 0 heterocycles. The Morgan fingerprint density at radius 3 is 2.62 bits per heavy atom. The molecule has 0 unspecified atom stereocenters. The predicted molar refractivity (Wildman–Crippen MR) is 69.2 cm³/mol. The minimum atomic E-state index is 0.703. The summed E-state index contributed by atoms with van der Waals surface area (Å²) in [5.74, 6) is 1.57. The highest BCUT2D eigenvalue weighted by Gasteiger charge is 2.09. The number of methoxy groups -OCH3 is 1. The monoisotopic (exact) mass is 287 g/mol. The van der Waals surface area contributed by atoms with Crippen LogP contribution in [-0.2, 0) is 6.54 Å². The molecule has 0 saturated carbocycles. The second-order valence-corrected chi connectivity index (χ2v) is 4.33. The Hall–Kier alpha value is -0.740. The van der Waals surface area contributed by atoms with Crippen LogP contribution in [0.3, 0.4) is 0 Å². The van der Waals surface area contributed by atoms with Crippen molar-refractivity contribution < 1.29 is 9.47 Å². The molecule has 1 N–H and O–H groups in total. The molecule has 0 spiro atoms. The SMILES string of the molecule is CCCOc1cc(Br)c(CNC)cc1OC. The Labute approximate surface area is 105 Å². The van der Waals surface area contributed by atoms with Crippen molar-refractivity contribution in [1.82, 2.24) is 5.32 Å². The van der Waals surface area contributed by atoms with Crippen molar-refractivity contribution in [2.24, 2.45) is 0 Å². The van der Waals surface area contributed by atoms with Gasteiger partial charge in [0.15, 0.2) is 11.5 Å². The number of halogens is 1. The first-order valence-electron chi connectivity index (χ1n) is 5.36. The van der Waals surface area contributed by atoms with Crippen LogP contribution in [0, 0.1) is 0 Å². The lowest BCUT2D eigenvalue weighted by Crippen LogP contribution is -2.06. The summed E-state index contributed by atoms with van der Waals surface area (Å²) < 4.78 is 12.0. The molecule has 1 rings (SSSR count). The quantitative estimate of drug-likeness (QED) is 0.873. The van der Waals surface area contributed by atoms with Crippen molar-refractivity contribution in [3.63, 3.8) is 0 Å². The lowest BCUT2D eigenvalue weighted by molar-refractivity contribution is 0.294. The van der Waals surface area contributed by atoms with E-state index in [4.69, 9.17) is 9.47 Å². The van der Waals surface area contributed by atoms with Gasteiger partial charge in [0.25, 0.3) is 0 Å². The standard InChI is InChI=1S/C12H18BrNO2/c1-4-5-16-12-7-10(13)9(8-14-2)6-11(12)15-3/h6-7,14H,4-5,8H2,1-3H3. The third-order valence-electron chi connectivity index (χ3n) is 2.16. The average Bonchev–Trinajstić information content (AvgIpc) is 2.29. The second kappa shape index (κ2) is 6.76. The molecule has 0 saturated heterocycles. The maximum Gasteiger partial charge on any atom is 0.162 e. The largest absolute Gasteiger partial charge is 0.493 e. The number of rotatable bonds is 6. The van der Waals surface area contributed by atoms with Crippen LogP contribution in [0.4, 0.5) is 0 Å². The van der Waals surface area contributed by atoms with Crippen molar-refractivity contribution >= 4 is 15.9 Å². The van der Waals surface area contributed by atoms with E-state index in [-0.39, 0.29) is 0 Å². The van der Waals surface area contributed by atoms with Crippen molar-refractivity contribution in [3.05, 3.63) is 22.2 Å². The summed E-state index contributed by atoms with van der Waals surface area (Å²) in [6, 6.07) is 3.95. The maximum atomic E-state index is 5.62. The molecule has 1 aromatic carbocycles. The Morgan fingerprint density at radius 2 is 2.06 bits per heavy atom. The molecule has 4 heteroatoms. The predicted octanol–water partition coefficient (Wildman–Crippen LogP) is 2.97. The molecule has 0 radical (unpaired) electrons. The fraction of sp³-hybridized carbons (Fsp3) is 0.500. The van der Waals surface area contributed by atoms with Gasteiger partial charge < -0.3 is 14.8 Å². The molecule has 0 aromatic heterocycles. The molecule has 0 fully saturated rings. The van der Waals surface area contributed by atoms with Crippen LogP contribution in [0.15, 0.2) is 16.6 Å². The van der Waals surface area contributed by atoms with E-state index in [1.165, 1.54) is 0 Å². The maximum absolute atomic E-state index is 5.62. The van der Waals surface area contributed by atoms with Gasteiger partial charge in [0.2, 0.25) is 0 Å². The van der Waals surface area contributed by atoms with Crippen LogP contribution in [0.2, 0.25) is 0 Å². The number of hydrogen-bond acceptors (Lipinski definition) is 3. The number of benzene rings is 1. The normalized spacial score (nSPS) is 10.2. The number of nitrogens with one attached hydrogen (secondary N) is 1. The molecule has 90 valence electrons. The molecule has 1 aromatic rings. The van der Waals surface area contributed by atoms with Crippen LogP contribution in [-0.4, -0.2) is 20.8 Å². The van der Waals surface area contributed by atoms with Crippen LogP contribution in [0.1, 0.15) is 18.9 Å². The Balaban J connectivity index is 2.95. The molecule has 0 aliphatic heterocycles. The zero-order chi connectivity index (χ0) is 12.0. The van der Waals surface area contributed by atoms with Gasteiger partial charge in [-0.25, -0.2) is 0 Å². The van der Waals surface area contributed by atoms with Crippen molar-refractivity contribution in [2.45, 2.75) is 19.9 Å². The van der Waals surface area contributed by atoms with Crippen molar-refractivity contribution in [3.8, 4) is 11.5 Å². The summed E-state index contributed by atoms with van der Waals surface area (Å²) in [4.78, 5) is 0. The summed E-state index contributed by atoms with van der Waals surface area (Å²) in [5, 5.41) is 3.11. The first-order valence-corrected chi connectivity index (χ1v) is 6.16. The van der Waals surface area contributed by atoms with E-state index in [2.05, 4.69) is 28.2 Å². The van der Waals surface area contributed by atoms with E-state index in [9.17, 15) is 0 Å². The topological polar surface area (TPSA) is 30.5 Å². The van der Waals surface area contributed by atoms with Gasteiger partial charge in [-0.15, -0.1) is 0 Å². The smallest absolute Gasteiger partial charge is 0.162 e. The van der Waals surface area contributed by atoms with Crippen molar-refractivity contribution in [2.75, 3.05) is 20.8 Å². The molecule has 3 nitrogen and oxygen atoms in total. The molecular weight excluding hydrogens is 270 g/mol. The first kappa shape index (κ1) is 13.3. The van der Waals surface area contributed by atoms with Gasteiger partial charge >= 0.3 is 0 Å². The highest BCUT2D eigenvalue weighted by atomic mass is 79.9. The summed E-state index contributed by atoms with van der Waals surface area (Å²) in [7, 11) is 3.58. The fourth-order valence-electron chi connectivity index (χ4n) is 1.39.